The van der Waals surface area contributed by atoms with Crippen molar-refractivity contribution in [3.05, 3.63) is 53.9 Å². The molecule has 0 bridgehead atoms. The maximum Gasteiger partial charge on any atom is 0.138 e. The number of aromatic hydroxyl groups is 1. The van der Waals surface area contributed by atoms with Crippen LogP contribution in [0.1, 0.15) is 11.3 Å². The minimum absolute atomic E-state index is 0.249. The molecular formula is C13H15N3O. The van der Waals surface area contributed by atoms with E-state index in [1.165, 1.54) is 0 Å². The van der Waals surface area contributed by atoms with Crippen LogP contribution in [-0.2, 0) is 13.1 Å². The number of phenolic OH excluding ortho intramolecular Hbond substituents is 1. The van der Waals surface area contributed by atoms with E-state index in [1.54, 1.807) is 18.3 Å². The summed E-state index contributed by atoms with van der Waals surface area (Å²) in [6.07, 6.45) is 1.79. The monoisotopic (exact) mass is 229 g/mol. The Balaban J connectivity index is 2.00. The van der Waals surface area contributed by atoms with Crippen LogP contribution >= 0.6 is 0 Å². The maximum atomic E-state index is 9.58. The van der Waals surface area contributed by atoms with Crippen LogP contribution in [0.15, 0.2) is 42.6 Å². The molecule has 0 saturated carbocycles. The average molecular weight is 229 g/mol. The third-order valence-corrected chi connectivity index (χ3v) is 2.48. The summed E-state index contributed by atoms with van der Waals surface area (Å²) in [4.78, 5) is 4.20. The first-order valence-corrected chi connectivity index (χ1v) is 5.45. The molecule has 2 aromatic rings. The number of para-hydroxylation sites is 2. The number of hydrogen-bond donors (Lipinski definition) is 3. The second-order valence-corrected chi connectivity index (χ2v) is 3.73. The lowest BCUT2D eigenvalue weighted by Gasteiger charge is -2.08. The van der Waals surface area contributed by atoms with Crippen molar-refractivity contribution < 1.29 is 5.11 Å². The highest BCUT2D eigenvalue weighted by molar-refractivity contribution is 5.55. The number of benzene rings is 1. The molecule has 1 heterocycles. The van der Waals surface area contributed by atoms with Gasteiger partial charge < -0.3 is 16.2 Å². The first-order chi connectivity index (χ1) is 8.29. The Hall–Kier alpha value is -2.07. The lowest BCUT2D eigenvalue weighted by Crippen LogP contribution is -2.03. The van der Waals surface area contributed by atoms with Crippen molar-refractivity contribution in [1.82, 2.24) is 4.98 Å². The number of anilines is 1. The molecule has 0 aliphatic rings. The lowest BCUT2D eigenvalue weighted by atomic mass is 10.2. The van der Waals surface area contributed by atoms with Crippen LogP contribution in [0.2, 0.25) is 0 Å². The third-order valence-electron chi connectivity index (χ3n) is 2.48. The maximum absolute atomic E-state index is 9.58. The van der Waals surface area contributed by atoms with Crippen LogP contribution in [0.3, 0.4) is 0 Å². The van der Waals surface area contributed by atoms with Crippen molar-refractivity contribution in [2.75, 3.05) is 5.32 Å². The highest BCUT2D eigenvalue weighted by atomic mass is 16.3. The molecule has 88 valence electrons. The van der Waals surface area contributed by atoms with E-state index in [1.807, 2.05) is 24.3 Å². The van der Waals surface area contributed by atoms with Gasteiger partial charge in [-0.2, -0.15) is 0 Å². The predicted octanol–water partition coefficient (Wildman–Crippen LogP) is 1.86. The molecule has 1 aromatic heterocycles. The van der Waals surface area contributed by atoms with Gasteiger partial charge in [0.15, 0.2) is 0 Å². The molecule has 4 heteroatoms. The van der Waals surface area contributed by atoms with E-state index in [0.29, 0.717) is 13.1 Å². The van der Waals surface area contributed by atoms with Gasteiger partial charge in [-0.25, -0.2) is 0 Å². The van der Waals surface area contributed by atoms with Gasteiger partial charge in [0.1, 0.15) is 5.75 Å². The van der Waals surface area contributed by atoms with Crippen LogP contribution in [0, 0.1) is 0 Å². The quantitative estimate of drug-likeness (QED) is 0.700. The zero-order chi connectivity index (χ0) is 12.1. The molecule has 0 atom stereocenters. The third kappa shape index (κ3) is 2.95. The van der Waals surface area contributed by atoms with Crippen molar-refractivity contribution in [2.24, 2.45) is 5.73 Å². The Labute approximate surface area is 100 Å². The molecule has 0 aliphatic heterocycles. The Morgan fingerprint density at radius 1 is 1.18 bits per heavy atom. The van der Waals surface area contributed by atoms with Gasteiger partial charge in [-0.1, -0.05) is 18.2 Å². The first-order valence-electron chi connectivity index (χ1n) is 5.45. The van der Waals surface area contributed by atoms with Crippen LogP contribution in [0.4, 0.5) is 5.69 Å². The van der Waals surface area contributed by atoms with Gasteiger partial charge in [0.2, 0.25) is 0 Å². The first kappa shape index (κ1) is 11.4. The van der Waals surface area contributed by atoms with Crippen molar-refractivity contribution in [2.45, 2.75) is 13.1 Å². The normalized spacial score (nSPS) is 10.2. The Bertz CT molecular complexity index is 482. The zero-order valence-corrected chi connectivity index (χ0v) is 9.43. The van der Waals surface area contributed by atoms with Crippen LogP contribution in [-0.4, -0.2) is 10.1 Å². The summed E-state index contributed by atoms with van der Waals surface area (Å²) in [5, 5.41) is 12.7. The summed E-state index contributed by atoms with van der Waals surface area (Å²) in [6.45, 7) is 1.07. The smallest absolute Gasteiger partial charge is 0.138 e. The van der Waals surface area contributed by atoms with Crippen molar-refractivity contribution >= 4 is 5.69 Å². The molecule has 17 heavy (non-hydrogen) atoms. The number of rotatable bonds is 4. The van der Waals surface area contributed by atoms with Gasteiger partial charge in [-0.3, -0.25) is 4.98 Å². The number of pyridine rings is 1. The van der Waals surface area contributed by atoms with Crippen molar-refractivity contribution in [3.8, 4) is 5.75 Å². The molecule has 1 aromatic carbocycles. The zero-order valence-electron chi connectivity index (χ0n) is 9.43. The van der Waals surface area contributed by atoms with E-state index in [9.17, 15) is 5.11 Å². The minimum atomic E-state index is 0.249. The predicted molar refractivity (Wildman–Crippen MR) is 67.6 cm³/mol. The van der Waals surface area contributed by atoms with Gasteiger partial charge in [-0.15, -0.1) is 0 Å². The number of phenols is 1. The number of nitrogens with one attached hydrogen (secondary N) is 1. The number of nitrogens with zero attached hydrogens (tertiary/aromatic N) is 1. The molecule has 2 rings (SSSR count). The van der Waals surface area contributed by atoms with E-state index in [2.05, 4.69) is 10.3 Å². The SMILES string of the molecule is NCc1ccc(CNc2ccccc2O)cn1. The molecule has 0 saturated heterocycles. The fourth-order valence-corrected chi connectivity index (χ4v) is 1.50. The van der Waals surface area contributed by atoms with E-state index < -0.39 is 0 Å². The average Bonchev–Trinajstić information content (AvgIpc) is 2.38. The number of hydrogen-bond acceptors (Lipinski definition) is 4. The molecule has 0 radical (unpaired) electrons. The van der Waals surface area contributed by atoms with E-state index in [-0.39, 0.29) is 5.75 Å². The molecule has 0 amide bonds. The summed E-state index contributed by atoms with van der Waals surface area (Å²) < 4.78 is 0. The van der Waals surface area contributed by atoms with Gasteiger partial charge >= 0.3 is 0 Å². The van der Waals surface area contributed by atoms with Gasteiger partial charge in [0, 0.05) is 19.3 Å². The second kappa shape index (κ2) is 5.32. The van der Waals surface area contributed by atoms with E-state index >= 15 is 0 Å². The summed E-state index contributed by atoms with van der Waals surface area (Å²) in [5.41, 5.74) is 8.11. The Kier molecular flexibility index (Phi) is 3.57. The van der Waals surface area contributed by atoms with E-state index in [0.717, 1.165) is 16.9 Å². The molecule has 0 spiro atoms. The van der Waals surface area contributed by atoms with Gasteiger partial charge in [-0.05, 0) is 23.8 Å². The highest BCUT2D eigenvalue weighted by Crippen LogP contribution is 2.21. The molecule has 0 fully saturated rings. The van der Waals surface area contributed by atoms with Crippen LogP contribution in [0.25, 0.3) is 0 Å². The Morgan fingerprint density at radius 2 is 2.00 bits per heavy atom. The van der Waals surface area contributed by atoms with Crippen molar-refractivity contribution in [1.29, 1.82) is 0 Å². The second-order valence-electron chi connectivity index (χ2n) is 3.73. The Morgan fingerprint density at radius 3 is 2.65 bits per heavy atom. The minimum Gasteiger partial charge on any atom is -0.506 e. The van der Waals surface area contributed by atoms with E-state index in [4.69, 9.17) is 5.73 Å². The molecule has 0 aliphatic carbocycles. The summed E-state index contributed by atoms with van der Waals surface area (Å²) in [6, 6.07) is 11.0. The summed E-state index contributed by atoms with van der Waals surface area (Å²) in [5.74, 6) is 0.249. The lowest BCUT2D eigenvalue weighted by molar-refractivity contribution is 0.477. The molecule has 4 nitrogen and oxygen atoms in total. The molecular weight excluding hydrogens is 214 g/mol. The van der Waals surface area contributed by atoms with Gasteiger partial charge in [0.05, 0.1) is 11.4 Å². The number of aromatic nitrogens is 1. The van der Waals surface area contributed by atoms with Crippen molar-refractivity contribution in [3.63, 3.8) is 0 Å². The largest absolute Gasteiger partial charge is 0.506 e. The highest BCUT2D eigenvalue weighted by Gasteiger charge is 1.99. The molecule has 0 unspecified atom stereocenters. The van der Waals surface area contributed by atoms with Gasteiger partial charge in [0.25, 0.3) is 0 Å². The number of nitrogens with two attached hydrogens (primary N) is 1. The molecule has 4 N–H and O–H groups in total. The standard InChI is InChI=1S/C13H15N3O/c14-7-11-6-5-10(8-15-11)9-16-12-3-1-2-4-13(12)17/h1-6,8,16-17H,7,9,14H2. The summed E-state index contributed by atoms with van der Waals surface area (Å²) >= 11 is 0. The fraction of sp³-hybridized carbons (Fsp3) is 0.154. The topological polar surface area (TPSA) is 71.2 Å². The van der Waals surface area contributed by atoms with Crippen LogP contribution in [0.5, 0.6) is 5.75 Å². The summed E-state index contributed by atoms with van der Waals surface area (Å²) in [7, 11) is 0. The fourth-order valence-electron chi connectivity index (χ4n) is 1.50. The van der Waals surface area contributed by atoms with Crippen LogP contribution < -0.4 is 11.1 Å².